The van der Waals surface area contributed by atoms with E-state index >= 15 is 0 Å². The van der Waals surface area contributed by atoms with Crippen LogP contribution in [0.2, 0.25) is 5.02 Å². The molecular weight excluding hydrogens is 502 g/mol. The standard InChI is InChI=1S/C26H22ClN3O3S2/c1-2-29-21-12-11-20(13-22(21)35-26(29)33)28-24(32)17-5-7-18(8-6-17)25-30(23(31)15-34-25)14-16-3-9-19(27)10-4-16/h3-13,25H,2,14-15H2,1H3,(H,28,32)/t25-/m1/s1. The van der Waals surface area contributed by atoms with Gasteiger partial charge in [-0.25, -0.2) is 0 Å². The first-order chi connectivity index (χ1) is 16.9. The molecule has 1 atom stereocenters. The van der Waals surface area contributed by atoms with Crippen molar-refractivity contribution in [3.05, 3.63) is 98.1 Å². The van der Waals surface area contributed by atoms with Crippen LogP contribution >= 0.6 is 34.7 Å². The minimum absolute atomic E-state index is 0.00469. The van der Waals surface area contributed by atoms with Crippen LogP contribution in [0.5, 0.6) is 0 Å². The average Bonchev–Trinajstić information content (AvgIpc) is 3.38. The molecule has 0 saturated carbocycles. The first kappa shape index (κ1) is 23.7. The number of aromatic nitrogens is 1. The third-order valence-electron chi connectivity index (χ3n) is 5.93. The van der Waals surface area contributed by atoms with Gasteiger partial charge in [-0.1, -0.05) is 47.2 Å². The number of carbonyl (C=O) groups is 2. The van der Waals surface area contributed by atoms with Crippen molar-refractivity contribution in [2.45, 2.75) is 25.4 Å². The van der Waals surface area contributed by atoms with E-state index in [4.69, 9.17) is 11.6 Å². The quantitative estimate of drug-likeness (QED) is 0.348. The number of rotatable bonds is 6. The summed E-state index contributed by atoms with van der Waals surface area (Å²) in [4.78, 5) is 39.3. The molecule has 9 heteroatoms. The summed E-state index contributed by atoms with van der Waals surface area (Å²) < 4.78 is 2.56. The lowest BCUT2D eigenvalue weighted by Gasteiger charge is -2.24. The summed E-state index contributed by atoms with van der Waals surface area (Å²) >= 11 is 8.73. The molecule has 1 saturated heterocycles. The Kier molecular flexibility index (Phi) is 6.69. The van der Waals surface area contributed by atoms with Crippen molar-refractivity contribution in [1.82, 2.24) is 9.47 Å². The van der Waals surface area contributed by atoms with Crippen molar-refractivity contribution in [2.24, 2.45) is 0 Å². The van der Waals surface area contributed by atoms with E-state index in [1.54, 1.807) is 28.5 Å². The average molecular weight is 524 g/mol. The summed E-state index contributed by atoms with van der Waals surface area (Å²) in [6.07, 6.45) is 0. The number of nitrogens with zero attached hydrogens (tertiary/aromatic N) is 2. The molecule has 0 spiro atoms. The second kappa shape index (κ2) is 9.89. The second-order valence-electron chi connectivity index (χ2n) is 8.18. The summed E-state index contributed by atoms with van der Waals surface area (Å²) in [6.45, 7) is 3.05. The van der Waals surface area contributed by atoms with Gasteiger partial charge in [0.25, 0.3) is 5.91 Å². The smallest absolute Gasteiger partial charge is 0.308 e. The molecule has 6 nitrogen and oxygen atoms in total. The Bertz CT molecular complexity index is 1460. The van der Waals surface area contributed by atoms with E-state index in [0.717, 1.165) is 21.3 Å². The van der Waals surface area contributed by atoms with Crippen molar-refractivity contribution in [1.29, 1.82) is 0 Å². The fourth-order valence-electron chi connectivity index (χ4n) is 4.13. The van der Waals surface area contributed by atoms with Gasteiger partial charge in [-0.05, 0) is 60.5 Å². The van der Waals surface area contributed by atoms with Gasteiger partial charge in [0.2, 0.25) is 5.91 Å². The number of thiazole rings is 1. The number of hydrogen-bond donors (Lipinski definition) is 1. The Labute approximate surface area is 215 Å². The Morgan fingerprint density at radius 3 is 2.51 bits per heavy atom. The molecule has 1 aliphatic heterocycles. The SMILES string of the molecule is CCn1c(=O)sc2cc(NC(=O)c3ccc([C@H]4SCC(=O)N4Cc4ccc(Cl)cc4)cc3)ccc21. The zero-order valence-corrected chi connectivity index (χ0v) is 21.3. The molecule has 3 aromatic carbocycles. The highest BCUT2D eigenvalue weighted by molar-refractivity contribution is 8.00. The zero-order valence-electron chi connectivity index (χ0n) is 18.9. The number of halogens is 1. The van der Waals surface area contributed by atoms with E-state index in [1.165, 1.54) is 11.3 Å². The molecule has 1 aromatic heterocycles. The minimum Gasteiger partial charge on any atom is -0.322 e. The van der Waals surface area contributed by atoms with Crippen molar-refractivity contribution in [3.63, 3.8) is 0 Å². The van der Waals surface area contributed by atoms with Crippen LogP contribution < -0.4 is 10.2 Å². The Balaban J connectivity index is 1.30. The summed E-state index contributed by atoms with van der Waals surface area (Å²) in [5.41, 5.74) is 4.02. The maximum absolute atomic E-state index is 12.8. The summed E-state index contributed by atoms with van der Waals surface area (Å²) in [5, 5.41) is 3.47. The van der Waals surface area contributed by atoms with Crippen LogP contribution in [0.3, 0.4) is 0 Å². The van der Waals surface area contributed by atoms with E-state index in [-0.39, 0.29) is 22.1 Å². The Morgan fingerprint density at radius 2 is 1.80 bits per heavy atom. The molecule has 178 valence electrons. The van der Waals surface area contributed by atoms with Gasteiger partial charge in [0.15, 0.2) is 0 Å². The van der Waals surface area contributed by atoms with E-state index in [1.807, 2.05) is 66.4 Å². The fraction of sp³-hybridized carbons (Fsp3) is 0.192. The molecule has 1 N–H and O–H groups in total. The van der Waals surface area contributed by atoms with E-state index in [0.29, 0.717) is 35.1 Å². The fourth-order valence-corrected chi connectivity index (χ4v) is 6.44. The third-order valence-corrected chi connectivity index (χ3v) is 8.38. The van der Waals surface area contributed by atoms with E-state index < -0.39 is 0 Å². The van der Waals surface area contributed by atoms with E-state index in [9.17, 15) is 14.4 Å². The normalized spacial score (nSPS) is 15.7. The first-order valence-corrected chi connectivity index (χ1v) is 13.4. The Morgan fingerprint density at radius 1 is 1.06 bits per heavy atom. The number of benzene rings is 3. The topological polar surface area (TPSA) is 71.4 Å². The number of thioether (sulfide) groups is 1. The molecule has 2 heterocycles. The lowest BCUT2D eigenvalue weighted by atomic mass is 10.1. The van der Waals surface area contributed by atoms with Gasteiger partial charge >= 0.3 is 4.87 Å². The third kappa shape index (κ3) is 4.87. The molecule has 5 rings (SSSR count). The van der Waals surface area contributed by atoms with Crippen LogP contribution in [0.1, 0.15) is 33.8 Å². The molecule has 35 heavy (non-hydrogen) atoms. The summed E-state index contributed by atoms with van der Waals surface area (Å²) in [7, 11) is 0. The van der Waals surface area contributed by atoms with Crippen LogP contribution in [0, 0.1) is 0 Å². The van der Waals surface area contributed by atoms with Crippen LogP contribution in [-0.4, -0.2) is 27.0 Å². The molecule has 2 amide bonds. The number of hydrogen-bond acceptors (Lipinski definition) is 5. The molecular formula is C26H22ClN3O3S2. The lowest BCUT2D eigenvalue weighted by Crippen LogP contribution is -2.27. The van der Waals surface area contributed by atoms with E-state index in [2.05, 4.69) is 5.32 Å². The van der Waals surface area contributed by atoms with Crippen molar-refractivity contribution < 1.29 is 9.59 Å². The molecule has 0 unspecified atom stereocenters. The molecule has 1 aliphatic rings. The maximum atomic E-state index is 12.8. The lowest BCUT2D eigenvalue weighted by molar-refractivity contribution is -0.128. The second-order valence-corrected chi connectivity index (χ2v) is 10.7. The largest absolute Gasteiger partial charge is 0.322 e. The van der Waals surface area contributed by atoms with Crippen molar-refractivity contribution >= 4 is 62.4 Å². The molecule has 0 radical (unpaired) electrons. The highest BCUT2D eigenvalue weighted by atomic mass is 35.5. The maximum Gasteiger partial charge on any atom is 0.308 e. The van der Waals surface area contributed by atoms with Crippen LogP contribution in [0.25, 0.3) is 10.2 Å². The van der Waals surface area contributed by atoms with Crippen molar-refractivity contribution in [2.75, 3.05) is 11.1 Å². The van der Waals surface area contributed by atoms with Gasteiger partial charge in [-0.2, -0.15) is 0 Å². The molecule has 4 aromatic rings. The molecule has 1 fully saturated rings. The van der Waals surface area contributed by atoms with Crippen LogP contribution in [-0.2, 0) is 17.9 Å². The first-order valence-electron chi connectivity index (χ1n) is 11.1. The monoisotopic (exact) mass is 523 g/mol. The molecule has 0 bridgehead atoms. The van der Waals surface area contributed by atoms with Gasteiger partial charge in [0.05, 0.1) is 16.0 Å². The van der Waals surface area contributed by atoms with Crippen LogP contribution in [0.15, 0.2) is 71.5 Å². The summed E-state index contributed by atoms with van der Waals surface area (Å²) in [6, 6.07) is 20.3. The predicted molar refractivity (Wildman–Crippen MR) is 143 cm³/mol. The number of fused-ring (bicyclic) bond motifs is 1. The predicted octanol–water partition coefficient (Wildman–Crippen LogP) is 5.76. The van der Waals surface area contributed by atoms with Gasteiger partial charge < -0.3 is 10.2 Å². The number of nitrogens with one attached hydrogen (secondary N) is 1. The minimum atomic E-state index is -0.230. The summed E-state index contributed by atoms with van der Waals surface area (Å²) in [5.74, 6) is 0.284. The highest BCUT2D eigenvalue weighted by Gasteiger charge is 2.32. The van der Waals surface area contributed by atoms with Crippen LogP contribution in [0.4, 0.5) is 5.69 Å². The van der Waals surface area contributed by atoms with Gasteiger partial charge in [0.1, 0.15) is 5.37 Å². The number of carbonyl (C=O) groups excluding carboxylic acids is 2. The van der Waals surface area contributed by atoms with Gasteiger partial charge in [-0.15, -0.1) is 11.8 Å². The molecule has 0 aliphatic carbocycles. The zero-order chi connectivity index (χ0) is 24.5. The Hall–Kier alpha value is -3.07. The van der Waals surface area contributed by atoms with Gasteiger partial charge in [0, 0.05) is 29.4 Å². The van der Waals surface area contributed by atoms with Gasteiger partial charge in [-0.3, -0.25) is 19.0 Å². The number of aryl methyl sites for hydroxylation is 1. The number of amides is 2. The van der Waals surface area contributed by atoms with Crippen molar-refractivity contribution in [3.8, 4) is 0 Å². The highest BCUT2D eigenvalue weighted by Crippen LogP contribution is 2.39. The number of anilines is 1.